The summed E-state index contributed by atoms with van der Waals surface area (Å²) in [7, 11) is 0. The van der Waals surface area contributed by atoms with E-state index < -0.39 is 59.2 Å². The summed E-state index contributed by atoms with van der Waals surface area (Å²) in [6, 6.07) is 4.09. The van der Waals surface area contributed by atoms with Crippen LogP contribution in [0.1, 0.15) is 71.7 Å². The molecule has 0 radical (unpaired) electrons. The van der Waals surface area contributed by atoms with Gasteiger partial charge in [-0.1, -0.05) is 44.2 Å². The van der Waals surface area contributed by atoms with Gasteiger partial charge in [0.2, 0.25) is 11.8 Å². The number of amides is 3. The Balaban J connectivity index is 1.74. The average Bonchev–Trinajstić information content (AvgIpc) is 2.94. The van der Waals surface area contributed by atoms with Gasteiger partial charge in [0, 0.05) is 17.5 Å². The number of rotatable bonds is 1. The van der Waals surface area contributed by atoms with Crippen molar-refractivity contribution in [2.45, 2.75) is 78.6 Å². The molecule has 5 bridgehead atoms. The zero-order valence-electron chi connectivity index (χ0n) is 24.3. The Hall–Kier alpha value is -3.86. The molecule has 1 aromatic carbocycles. The number of cyclic esters (lactones) is 1. The molecule has 3 heterocycles. The van der Waals surface area contributed by atoms with Gasteiger partial charge >= 0.3 is 5.97 Å². The van der Waals surface area contributed by atoms with Gasteiger partial charge in [0.1, 0.15) is 29.7 Å². The average molecular weight is 568 g/mol. The maximum atomic E-state index is 15.6. The van der Waals surface area contributed by atoms with E-state index in [1.807, 2.05) is 0 Å². The third kappa shape index (κ3) is 6.56. The van der Waals surface area contributed by atoms with Crippen molar-refractivity contribution in [1.82, 2.24) is 26.1 Å². The molecule has 11 heteroatoms. The van der Waals surface area contributed by atoms with Crippen LogP contribution in [0.15, 0.2) is 30.3 Å². The van der Waals surface area contributed by atoms with E-state index in [2.05, 4.69) is 21.0 Å². The van der Waals surface area contributed by atoms with Crippen LogP contribution >= 0.6 is 0 Å². The summed E-state index contributed by atoms with van der Waals surface area (Å²) in [4.78, 5) is 57.2. The van der Waals surface area contributed by atoms with E-state index in [-0.39, 0.29) is 17.0 Å². The predicted molar refractivity (Wildman–Crippen MR) is 151 cm³/mol. The summed E-state index contributed by atoms with van der Waals surface area (Å²) in [6.45, 7) is 10.5. The van der Waals surface area contributed by atoms with Crippen molar-refractivity contribution in [3.05, 3.63) is 47.4 Å². The maximum Gasteiger partial charge on any atom is 0.325 e. The zero-order valence-corrected chi connectivity index (χ0v) is 24.3. The summed E-state index contributed by atoms with van der Waals surface area (Å²) >= 11 is 0. The van der Waals surface area contributed by atoms with Crippen molar-refractivity contribution in [3.8, 4) is 0 Å². The summed E-state index contributed by atoms with van der Waals surface area (Å²) in [5.74, 6) is -2.79. The van der Waals surface area contributed by atoms with E-state index in [0.29, 0.717) is 30.5 Å². The number of nitrogens with one attached hydrogen (secondary N) is 3. The van der Waals surface area contributed by atoms with Gasteiger partial charge in [0.15, 0.2) is 5.82 Å². The van der Waals surface area contributed by atoms with E-state index in [9.17, 15) is 19.2 Å². The lowest BCUT2D eigenvalue weighted by Gasteiger charge is -2.35. The number of ether oxygens (including phenoxy) is 1. The quantitative estimate of drug-likeness (QED) is 0.452. The van der Waals surface area contributed by atoms with E-state index in [1.54, 1.807) is 71.9 Å². The molecule has 220 valence electrons. The number of hydrazine groups is 1. The first-order chi connectivity index (χ1) is 19.3. The summed E-state index contributed by atoms with van der Waals surface area (Å²) in [5.41, 5.74) is 2.54. The molecule has 41 heavy (non-hydrogen) atoms. The van der Waals surface area contributed by atoms with E-state index in [0.717, 1.165) is 0 Å². The molecule has 2 aliphatic rings. The van der Waals surface area contributed by atoms with Gasteiger partial charge in [-0.05, 0) is 52.5 Å². The number of aromatic nitrogens is 1. The Morgan fingerprint density at radius 2 is 1.78 bits per heavy atom. The molecule has 1 fully saturated rings. The highest BCUT2D eigenvalue weighted by molar-refractivity contribution is 5.94. The van der Waals surface area contributed by atoms with Gasteiger partial charge in [-0.2, -0.15) is 0 Å². The Labute approximate surface area is 239 Å². The van der Waals surface area contributed by atoms with Crippen molar-refractivity contribution in [1.29, 1.82) is 0 Å². The number of nitrogens with zero attached hydrogens (tertiary/aromatic N) is 2. The number of esters is 1. The van der Waals surface area contributed by atoms with Crippen LogP contribution in [0.3, 0.4) is 0 Å². The normalized spacial score (nSPS) is 26.1. The molecule has 10 nitrogen and oxygen atoms in total. The molecular formula is C30H38FN5O5. The molecule has 0 aliphatic carbocycles. The molecule has 3 N–H and O–H groups in total. The van der Waals surface area contributed by atoms with Crippen molar-refractivity contribution in [2.24, 2.45) is 11.3 Å². The molecule has 0 saturated carbocycles. The van der Waals surface area contributed by atoms with Crippen molar-refractivity contribution >= 4 is 40.7 Å². The molecule has 4 atom stereocenters. The number of hydrogen-bond donors (Lipinski definition) is 3. The topological polar surface area (TPSA) is 130 Å². The molecule has 0 spiro atoms. The second-order valence-corrected chi connectivity index (χ2v) is 11.6. The van der Waals surface area contributed by atoms with Crippen LogP contribution in [0.5, 0.6) is 0 Å². The first-order valence-corrected chi connectivity index (χ1v) is 14.0. The molecule has 2 aliphatic heterocycles. The number of carbonyl (C=O) groups excluding carboxylic acids is 4. The largest absolute Gasteiger partial charge is 0.455 e. The predicted octanol–water partition coefficient (Wildman–Crippen LogP) is 3.17. The van der Waals surface area contributed by atoms with Crippen LogP contribution in [-0.2, 0) is 23.9 Å². The fraction of sp³-hybridized carbons (Fsp3) is 0.500. The monoisotopic (exact) mass is 567 g/mol. The molecule has 1 saturated heterocycles. The van der Waals surface area contributed by atoms with E-state index in [1.165, 1.54) is 11.1 Å². The molecular weight excluding hydrogens is 529 g/mol. The fourth-order valence-electron chi connectivity index (χ4n) is 4.81. The van der Waals surface area contributed by atoms with Crippen molar-refractivity contribution in [3.63, 3.8) is 0 Å². The third-order valence-corrected chi connectivity index (χ3v) is 7.53. The number of halogens is 1. The number of hydrogen-bond acceptors (Lipinski definition) is 7. The second-order valence-electron chi connectivity index (χ2n) is 11.6. The highest BCUT2D eigenvalue weighted by atomic mass is 19.1. The molecule has 0 unspecified atom stereocenters. The van der Waals surface area contributed by atoms with Crippen molar-refractivity contribution in [2.75, 3.05) is 6.54 Å². The summed E-state index contributed by atoms with van der Waals surface area (Å²) < 4.78 is 21.3. The first-order valence-electron chi connectivity index (χ1n) is 14.0. The van der Waals surface area contributed by atoms with E-state index >= 15 is 4.39 Å². The Kier molecular flexibility index (Phi) is 8.77. The van der Waals surface area contributed by atoms with Crippen LogP contribution in [-0.4, -0.2) is 58.4 Å². The van der Waals surface area contributed by atoms with Gasteiger partial charge in [-0.3, -0.25) is 24.2 Å². The fourth-order valence-corrected chi connectivity index (χ4v) is 4.81. The van der Waals surface area contributed by atoms with Gasteiger partial charge in [0.05, 0.1) is 11.1 Å². The van der Waals surface area contributed by atoms with Gasteiger partial charge in [-0.25, -0.2) is 14.8 Å². The van der Waals surface area contributed by atoms with Crippen LogP contribution in [0.2, 0.25) is 0 Å². The van der Waals surface area contributed by atoms with E-state index in [4.69, 9.17) is 4.74 Å². The minimum Gasteiger partial charge on any atom is -0.455 e. The number of carbonyl (C=O) groups is 4. The highest BCUT2D eigenvalue weighted by Gasteiger charge is 2.35. The number of fused-ring (bicyclic) bond motifs is 4. The lowest BCUT2D eigenvalue weighted by Crippen LogP contribution is -2.61. The lowest BCUT2D eigenvalue weighted by molar-refractivity contribution is -0.157. The standard InChI is InChI=1S/C30H38FN5O5/c1-16(2)24-26(37)32-17(3)27(38)36-15-7-8-22(35-36)28(39)41-18(4)21-12-11-20-10-9-19(23(31)25(20)33-21)13-14-30(5,6)29(40)34-24/h9-14,16-18,22,24,35H,7-8,15H2,1-6H3,(H,32,37)(H,34,40)/t17-,18+,22-,24-/m0/s1. The van der Waals surface area contributed by atoms with Crippen LogP contribution in [0.4, 0.5) is 4.39 Å². The van der Waals surface area contributed by atoms with Crippen LogP contribution in [0.25, 0.3) is 17.0 Å². The SMILES string of the molecule is CC(C)[C@@H]1NC(=O)C(C)(C)C=Cc2ccc3ccc(nc3c2F)[C@@H](C)OC(=O)[C@@H]2CCCN(N2)C(=O)[C@H](C)NC1=O. The molecule has 2 aromatic rings. The maximum absolute atomic E-state index is 15.6. The minimum absolute atomic E-state index is 0.110. The molecule has 3 amide bonds. The number of benzene rings is 1. The summed E-state index contributed by atoms with van der Waals surface area (Å²) in [6.07, 6.45) is 3.30. The van der Waals surface area contributed by atoms with Gasteiger partial charge in [-0.15, -0.1) is 0 Å². The third-order valence-electron chi connectivity index (χ3n) is 7.53. The second kappa shape index (κ2) is 11.9. The highest BCUT2D eigenvalue weighted by Crippen LogP contribution is 2.27. The Morgan fingerprint density at radius 3 is 2.49 bits per heavy atom. The molecule has 4 rings (SSSR count). The Morgan fingerprint density at radius 1 is 1.07 bits per heavy atom. The zero-order chi connectivity index (χ0) is 30.1. The van der Waals surface area contributed by atoms with Crippen LogP contribution in [0, 0.1) is 17.2 Å². The Bertz CT molecular complexity index is 1390. The van der Waals surface area contributed by atoms with Crippen LogP contribution < -0.4 is 16.1 Å². The first kappa shape index (κ1) is 30.1. The smallest absolute Gasteiger partial charge is 0.325 e. The number of pyridine rings is 1. The minimum atomic E-state index is -1.10. The van der Waals surface area contributed by atoms with Gasteiger partial charge in [0.25, 0.3) is 5.91 Å². The summed E-state index contributed by atoms with van der Waals surface area (Å²) in [5, 5.41) is 7.38. The van der Waals surface area contributed by atoms with Crippen molar-refractivity contribution < 1.29 is 28.3 Å². The lowest BCUT2D eigenvalue weighted by atomic mass is 9.89. The molecule has 1 aromatic heterocycles. The van der Waals surface area contributed by atoms with Gasteiger partial charge < -0.3 is 15.4 Å².